The summed E-state index contributed by atoms with van der Waals surface area (Å²) in [5.41, 5.74) is 0. The van der Waals surface area contributed by atoms with Gasteiger partial charge in [-0.1, -0.05) is 25.8 Å². The van der Waals surface area contributed by atoms with Crippen LogP contribution in [-0.4, -0.2) is 29.8 Å². The molecule has 1 aliphatic rings. The van der Waals surface area contributed by atoms with Crippen LogP contribution in [0.25, 0.3) is 0 Å². The maximum Gasteiger partial charge on any atom is 0.174 e. The van der Waals surface area contributed by atoms with E-state index < -0.39 is 0 Å². The van der Waals surface area contributed by atoms with Gasteiger partial charge in [-0.15, -0.1) is 11.3 Å². The molecule has 17 heavy (non-hydrogen) atoms. The van der Waals surface area contributed by atoms with Gasteiger partial charge in [0.15, 0.2) is 5.78 Å². The van der Waals surface area contributed by atoms with Crippen molar-refractivity contribution in [1.82, 2.24) is 4.90 Å². The molecule has 1 saturated heterocycles. The van der Waals surface area contributed by atoms with Crippen LogP contribution in [0.4, 0.5) is 0 Å². The van der Waals surface area contributed by atoms with Gasteiger partial charge in [0.1, 0.15) is 0 Å². The quantitative estimate of drug-likeness (QED) is 0.762. The van der Waals surface area contributed by atoms with Crippen LogP contribution < -0.4 is 0 Å². The number of carbonyl (C=O) groups is 1. The lowest BCUT2D eigenvalue weighted by Gasteiger charge is -2.27. The van der Waals surface area contributed by atoms with E-state index in [1.54, 1.807) is 11.3 Å². The Morgan fingerprint density at radius 1 is 1.47 bits per heavy atom. The van der Waals surface area contributed by atoms with Gasteiger partial charge in [0.25, 0.3) is 0 Å². The molecule has 1 aromatic rings. The molecule has 0 spiro atoms. The van der Waals surface area contributed by atoms with Crippen LogP contribution in [0.3, 0.4) is 0 Å². The highest BCUT2D eigenvalue weighted by molar-refractivity contribution is 7.12. The van der Waals surface area contributed by atoms with Crippen LogP contribution in [0.1, 0.15) is 48.7 Å². The average molecular weight is 251 g/mol. The van der Waals surface area contributed by atoms with Crippen molar-refractivity contribution in [3.05, 3.63) is 22.4 Å². The van der Waals surface area contributed by atoms with Crippen molar-refractivity contribution in [1.29, 1.82) is 0 Å². The maximum absolute atomic E-state index is 12.1. The molecule has 1 fully saturated rings. The fraction of sp³-hybridized carbons (Fsp3) is 0.643. The Bertz CT molecular complexity index is 347. The summed E-state index contributed by atoms with van der Waals surface area (Å²) in [6, 6.07) is 4.37. The van der Waals surface area contributed by atoms with Gasteiger partial charge in [-0.3, -0.25) is 4.79 Å². The van der Waals surface area contributed by atoms with Crippen molar-refractivity contribution < 1.29 is 4.79 Å². The smallest absolute Gasteiger partial charge is 0.174 e. The topological polar surface area (TPSA) is 20.3 Å². The van der Waals surface area contributed by atoms with Crippen LogP contribution in [-0.2, 0) is 0 Å². The van der Waals surface area contributed by atoms with Crippen LogP contribution in [0.5, 0.6) is 0 Å². The first-order chi connectivity index (χ1) is 8.31. The van der Waals surface area contributed by atoms with Gasteiger partial charge in [-0.2, -0.15) is 0 Å². The van der Waals surface area contributed by atoms with E-state index in [4.69, 9.17) is 0 Å². The summed E-state index contributed by atoms with van der Waals surface area (Å²) in [5, 5.41) is 1.98. The van der Waals surface area contributed by atoms with Gasteiger partial charge in [0.2, 0.25) is 0 Å². The molecule has 0 aliphatic carbocycles. The van der Waals surface area contributed by atoms with Crippen LogP contribution in [0.15, 0.2) is 17.5 Å². The molecule has 1 aliphatic heterocycles. The van der Waals surface area contributed by atoms with Crippen LogP contribution in [0.2, 0.25) is 0 Å². The Hall–Kier alpha value is -0.670. The van der Waals surface area contributed by atoms with E-state index in [9.17, 15) is 4.79 Å². The van der Waals surface area contributed by atoms with Gasteiger partial charge in [0, 0.05) is 12.5 Å². The monoisotopic (exact) mass is 251 g/mol. The Balaban J connectivity index is 1.97. The number of hydrogen-bond acceptors (Lipinski definition) is 3. The number of ketones is 1. The van der Waals surface area contributed by atoms with Crippen molar-refractivity contribution in [3.8, 4) is 0 Å². The number of thiophene rings is 1. The zero-order valence-corrected chi connectivity index (χ0v) is 11.3. The Labute approximate surface area is 108 Å². The van der Waals surface area contributed by atoms with E-state index in [1.807, 2.05) is 17.5 Å². The lowest BCUT2D eigenvalue weighted by molar-refractivity contribution is 0.0926. The first-order valence-corrected chi connectivity index (χ1v) is 7.50. The molecule has 0 aromatic carbocycles. The van der Waals surface area contributed by atoms with E-state index in [0.717, 1.165) is 11.4 Å². The number of nitrogens with zero attached hydrogens (tertiary/aromatic N) is 1. The normalized spacial score (nSPS) is 22.3. The predicted octanol–water partition coefficient (Wildman–Crippen LogP) is 3.59. The molecular formula is C14H21NOS. The highest BCUT2D eigenvalue weighted by Crippen LogP contribution is 2.22. The second-order valence-electron chi connectivity index (χ2n) is 4.74. The maximum atomic E-state index is 12.1. The van der Waals surface area contributed by atoms with E-state index in [-0.39, 0.29) is 0 Å². The molecule has 3 heteroatoms. The molecule has 0 amide bonds. The van der Waals surface area contributed by atoms with Gasteiger partial charge in [0.05, 0.1) is 4.88 Å². The molecule has 1 aromatic heterocycles. The fourth-order valence-electron chi connectivity index (χ4n) is 2.64. The highest BCUT2D eigenvalue weighted by atomic mass is 32.1. The molecule has 0 N–H and O–H groups in total. The first-order valence-electron chi connectivity index (χ1n) is 6.62. The second-order valence-corrected chi connectivity index (χ2v) is 5.68. The summed E-state index contributed by atoms with van der Waals surface area (Å²) >= 11 is 1.57. The van der Waals surface area contributed by atoms with E-state index >= 15 is 0 Å². The first kappa shape index (κ1) is 12.8. The number of Topliss-reactive ketones (excluding diaryl/α,β-unsaturated/α-hetero) is 1. The van der Waals surface area contributed by atoms with Crippen molar-refractivity contribution in [3.63, 3.8) is 0 Å². The number of rotatable bonds is 4. The van der Waals surface area contributed by atoms with E-state index in [2.05, 4.69) is 11.8 Å². The summed E-state index contributed by atoms with van der Waals surface area (Å²) in [7, 11) is 0. The highest BCUT2D eigenvalue weighted by Gasteiger charge is 2.22. The van der Waals surface area contributed by atoms with E-state index in [1.165, 1.54) is 32.2 Å². The molecule has 0 saturated carbocycles. The van der Waals surface area contributed by atoms with Crippen molar-refractivity contribution in [2.45, 2.75) is 45.1 Å². The largest absolute Gasteiger partial charge is 0.300 e. The second kappa shape index (κ2) is 6.31. The summed E-state index contributed by atoms with van der Waals surface area (Å²) < 4.78 is 0. The Morgan fingerprint density at radius 3 is 3.06 bits per heavy atom. The molecule has 1 unspecified atom stereocenters. The summed E-state index contributed by atoms with van der Waals surface area (Å²) in [6.45, 7) is 4.44. The minimum atomic E-state index is 0.324. The molecular weight excluding hydrogens is 230 g/mol. The summed E-state index contributed by atoms with van der Waals surface area (Å²) in [6.07, 6.45) is 5.77. The zero-order chi connectivity index (χ0) is 12.1. The lowest BCUT2D eigenvalue weighted by atomic mass is 10.0. The van der Waals surface area contributed by atoms with Crippen LogP contribution in [0, 0.1) is 0 Å². The molecule has 2 nitrogen and oxygen atoms in total. The summed E-state index contributed by atoms with van der Waals surface area (Å²) in [4.78, 5) is 15.5. The van der Waals surface area contributed by atoms with Gasteiger partial charge in [-0.05, 0) is 37.4 Å². The third-order valence-corrected chi connectivity index (χ3v) is 4.53. The zero-order valence-electron chi connectivity index (χ0n) is 10.5. The van der Waals surface area contributed by atoms with Crippen molar-refractivity contribution in [2.24, 2.45) is 0 Å². The van der Waals surface area contributed by atoms with Crippen molar-refractivity contribution in [2.75, 3.05) is 13.1 Å². The minimum Gasteiger partial charge on any atom is -0.300 e. The van der Waals surface area contributed by atoms with Gasteiger partial charge in [-0.25, -0.2) is 0 Å². The average Bonchev–Trinajstić information content (AvgIpc) is 2.78. The predicted molar refractivity (Wildman–Crippen MR) is 72.8 cm³/mol. The molecule has 2 rings (SSSR count). The molecule has 0 bridgehead atoms. The summed E-state index contributed by atoms with van der Waals surface area (Å²) in [5.74, 6) is 0.324. The number of carbonyl (C=O) groups excluding carboxylic acids is 1. The van der Waals surface area contributed by atoms with Crippen LogP contribution >= 0.6 is 11.3 Å². The standard InChI is InChI=1S/C14H21NOS/c1-2-15-9-5-3-4-7-12(15)11-13(16)14-8-6-10-17-14/h6,8,10,12H,2-5,7,9,11H2,1H3. The van der Waals surface area contributed by atoms with Crippen molar-refractivity contribution >= 4 is 17.1 Å². The number of likely N-dealkylation sites (tertiary alicyclic amines) is 1. The Kier molecular flexibility index (Phi) is 4.75. The van der Waals surface area contributed by atoms with Gasteiger partial charge < -0.3 is 4.90 Å². The Morgan fingerprint density at radius 2 is 2.35 bits per heavy atom. The minimum absolute atomic E-state index is 0.324. The van der Waals surface area contributed by atoms with Gasteiger partial charge >= 0.3 is 0 Å². The molecule has 1 atom stereocenters. The molecule has 0 radical (unpaired) electrons. The SMILES string of the molecule is CCN1CCCCCC1CC(=O)c1cccs1. The molecule has 2 heterocycles. The fourth-order valence-corrected chi connectivity index (χ4v) is 3.31. The number of hydrogen-bond donors (Lipinski definition) is 0. The third kappa shape index (κ3) is 3.39. The molecule has 94 valence electrons. The third-order valence-electron chi connectivity index (χ3n) is 3.62. The lowest BCUT2D eigenvalue weighted by Crippen LogP contribution is -2.36. The van der Waals surface area contributed by atoms with E-state index in [0.29, 0.717) is 18.2 Å².